The molecular formula is C19H17F2N5O. The van der Waals surface area contributed by atoms with Crippen molar-refractivity contribution in [1.29, 1.82) is 0 Å². The van der Waals surface area contributed by atoms with Gasteiger partial charge in [-0.2, -0.15) is 0 Å². The molecule has 3 aromatic rings. The van der Waals surface area contributed by atoms with Crippen LogP contribution >= 0.6 is 0 Å². The molecule has 1 amide bonds. The van der Waals surface area contributed by atoms with Gasteiger partial charge in [-0.1, -0.05) is 6.92 Å². The van der Waals surface area contributed by atoms with E-state index in [1.807, 2.05) is 6.92 Å². The molecule has 2 aromatic heterocycles. The summed E-state index contributed by atoms with van der Waals surface area (Å²) >= 11 is 0. The second kappa shape index (κ2) is 7.45. The number of carbonyl (C=O) groups excluding carboxylic acids is 1. The van der Waals surface area contributed by atoms with Gasteiger partial charge >= 0.3 is 0 Å². The number of benzene rings is 1. The Morgan fingerprint density at radius 2 is 1.81 bits per heavy atom. The first-order chi connectivity index (χ1) is 13.0. The van der Waals surface area contributed by atoms with Crippen LogP contribution in [0.2, 0.25) is 0 Å². The van der Waals surface area contributed by atoms with E-state index >= 15 is 0 Å². The predicted molar refractivity (Wildman–Crippen MR) is 97.8 cm³/mol. The van der Waals surface area contributed by atoms with Crippen molar-refractivity contribution in [3.05, 3.63) is 59.7 Å². The molecule has 8 heteroatoms. The van der Waals surface area contributed by atoms with E-state index < -0.39 is 23.1 Å². The molecule has 3 N–H and O–H groups in total. The minimum Gasteiger partial charge on any atom is -0.384 e. The Labute approximate surface area is 154 Å². The highest BCUT2D eigenvalue weighted by atomic mass is 19.1. The van der Waals surface area contributed by atoms with Crippen LogP contribution in [0.15, 0.2) is 36.8 Å². The third kappa shape index (κ3) is 3.46. The van der Waals surface area contributed by atoms with Crippen LogP contribution in [0.5, 0.6) is 0 Å². The maximum atomic E-state index is 14.4. The van der Waals surface area contributed by atoms with Gasteiger partial charge in [0.05, 0.1) is 11.4 Å². The Morgan fingerprint density at radius 3 is 2.37 bits per heavy atom. The number of pyridine rings is 1. The van der Waals surface area contributed by atoms with Gasteiger partial charge < -0.3 is 11.1 Å². The Morgan fingerprint density at radius 1 is 1.11 bits per heavy atom. The van der Waals surface area contributed by atoms with Crippen molar-refractivity contribution in [2.45, 2.75) is 13.3 Å². The zero-order valence-electron chi connectivity index (χ0n) is 14.8. The molecule has 0 aliphatic rings. The average Bonchev–Trinajstić information content (AvgIpc) is 2.67. The number of nitrogens with zero attached hydrogens (tertiary/aromatic N) is 3. The molecule has 0 aliphatic carbocycles. The van der Waals surface area contributed by atoms with Crippen LogP contribution in [0.4, 0.5) is 14.6 Å². The van der Waals surface area contributed by atoms with Gasteiger partial charge in [0.15, 0.2) is 0 Å². The van der Waals surface area contributed by atoms with E-state index in [4.69, 9.17) is 5.73 Å². The predicted octanol–water partition coefficient (Wildman–Crippen LogP) is 2.99. The fraction of sp³-hybridized carbons (Fsp3) is 0.158. The monoisotopic (exact) mass is 369 g/mol. The van der Waals surface area contributed by atoms with Crippen molar-refractivity contribution in [1.82, 2.24) is 20.3 Å². The number of carbonyl (C=O) groups is 1. The molecule has 0 fully saturated rings. The molecular weight excluding hydrogens is 352 g/mol. The number of halogens is 2. The van der Waals surface area contributed by atoms with E-state index in [2.05, 4.69) is 20.3 Å². The van der Waals surface area contributed by atoms with E-state index in [-0.39, 0.29) is 5.56 Å². The molecule has 3 rings (SSSR count). The standard InChI is InChI=1S/C19H17F2N5O/c1-3-14-16(10-4-5-15(22)24-8-10)18(26-9-25-14)11-6-12(20)17(13(21)7-11)19(27)23-2/h4-9H,3H2,1-2H3,(H2,22,24)(H,23,27). The zero-order chi connectivity index (χ0) is 19.6. The number of rotatable bonds is 4. The van der Waals surface area contributed by atoms with Gasteiger partial charge in [0.2, 0.25) is 0 Å². The largest absolute Gasteiger partial charge is 0.384 e. The molecule has 27 heavy (non-hydrogen) atoms. The SMILES string of the molecule is CCc1ncnc(-c2cc(F)c(C(=O)NC)c(F)c2)c1-c1ccc(N)nc1. The lowest BCUT2D eigenvalue weighted by molar-refractivity contribution is 0.0955. The summed E-state index contributed by atoms with van der Waals surface area (Å²) in [5.41, 5.74) is 7.52. The lowest BCUT2D eigenvalue weighted by atomic mass is 9.96. The van der Waals surface area contributed by atoms with Gasteiger partial charge in [-0.3, -0.25) is 4.79 Å². The minimum absolute atomic E-state index is 0.196. The number of nitrogens with two attached hydrogens (primary N) is 1. The highest BCUT2D eigenvalue weighted by Gasteiger charge is 2.21. The Balaban J connectivity index is 2.24. The number of aromatic nitrogens is 3. The van der Waals surface area contributed by atoms with E-state index in [0.29, 0.717) is 34.8 Å². The van der Waals surface area contributed by atoms with Crippen molar-refractivity contribution >= 4 is 11.7 Å². The molecule has 1 aromatic carbocycles. The third-order valence-electron chi connectivity index (χ3n) is 4.11. The summed E-state index contributed by atoms with van der Waals surface area (Å²) in [4.78, 5) is 24.3. The first kappa shape index (κ1) is 18.4. The summed E-state index contributed by atoms with van der Waals surface area (Å²) in [5, 5.41) is 2.22. The first-order valence-electron chi connectivity index (χ1n) is 8.23. The molecule has 0 bridgehead atoms. The average molecular weight is 369 g/mol. The van der Waals surface area contributed by atoms with Crippen molar-refractivity contribution in [2.75, 3.05) is 12.8 Å². The number of anilines is 1. The smallest absolute Gasteiger partial charge is 0.256 e. The van der Waals surface area contributed by atoms with Crippen molar-refractivity contribution < 1.29 is 13.6 Å². The molecule has 0 saturated carbocycles. The van der Waals surface area contributed by atoms with Gasteiger partial charge in [0.25, 0.3) is 5.91 Å². The lowest BCUT2D eigenvalue weighted by Gasteiger charge is -2.14. The van der Waals surface area contributed by atoms with Crippen molar-refractivity contribution in [2.24, 2.45) is 0 Å². The molecule has 0 unspecified atom stereocenters. The summed E-state index contributed by atoms with van der Waals surface area (Å²) < 4.78 is 28.9. The van der Waals surface area contributed by atoms with Gasteiger partial charge in [-0.25, -0.2) is 23.7 Å². The molecule has 6 nitrogen and oxygen atoms in total. The Bertz CT molecular complexity index is 982. The summed E-state index contributed by atoms with van der Waals surface area (Å²) in [6.07, 6.45) is 3.48. The molecule has 0 saturated heterocycles. The number of amides is 1. The Hall–Kier alpha value is -3.42. The fourth-order valence-corrected chi connectivity index (χ4v) is 2.82. The van der Waals surface area contributed by atoms with Crippen molar-refractivity contribution in [3.63, 3.8) is 0 Å². The summed E-state index contributed by atoms with van der Waals surface area (Å²) in [5.74, 6) is -2.43. The molecule has 0 radical (unpaired) electrons. The molecule has 0 spiro atoms. The van der Waals surface area contributed by atoms with Crippen LogP contribution < -0.4 is 11.1 Å². The van der Waals surface area contributed by atoms with E-state index in [1.54, 1.807) is 18.3 Å². The maximum absolute atomic E-state index is 14.4. The van der Waals surface area contributed by atoms with Crippen LogP contribution in [0, 0.1) is 11.6 Å². The summed E-state index contributed by atoms with van der Waals surface area (Å²) in [6.45, 7) is 1.91. The normalized spacial score (nSPS) is 10.7. The first-order valence-corrected chi connectivity index (χ1v) is 8.23. The van der Waals surface area contributed by atoms with Crippen molar-refractivity contribution in [3.8, 4) is 22.4 Å². The van der Waals surface area contributed by atoms with E-state index in [1.165, 1.54) is 13.4 Å². The van der Waals surface area contributed by atoms with Crippen LogP contribution in [0.25, 0.3) is 22.4 Å². The van der Waals surface area contributed by atoms with Crippen LogP contribution in [0.1, 0.15) is 23.0 Å². The lowest BCUT2D eigenvalue weighted by Crippen LogP contribution is -2.21. The summed E-state index contributed by atoms with van der Waals surface area (Å²) in [7, 11) is 1.30. The molecule has 138 valence electrons. The maximum Gasteiger partial charge on any atom is 0.256 e. The van der Waals surface area contributed by atoms with Gasteiger partial charge in [0.1, 0.15) is 29.3 Å². The number of hydrogen-bond donors (Lipinski definition) is 2. The number of aryl methyl sites for hydroxylation is 1. The topological polar surface area (TPSA) is 93.8 Å². The highest BCUT2D eigenvalue weighted by molar-refractivity contribution is 5.95. The number of nitrogens with one attached hydrogen (secondary N) is 1. The zero-order valence-corrected chi connectivity index (χ0v) is 14.8. The molecule has 0 aliphatic heterocycles. The Kier molecular flexibility index (Phi) is 5.07. The number of hydrogen-bond acceptors (Lipinski definition) is 5. The highest BCUT2D eigenvalue weighted by Crippen LogP contribution is 2.34. The van der Waals surface area contributed by atoms with Gasteiger partial charge in [-0.15, -0.1) is 0 Å². The summed E-state index contributed by atoms with van der Waals surface area (Å²) in [6, 6.07) is 5.55. The number of nitrogen functional groups attached to an aromatic ring is 1. The fourth-order valence-electron chi connectivity index (χ4n) is 2.82. The molecule has 2 heterocycles. The van der Waals surface area contributed by atoms with Crippen LogP contribution in [0.3, 0.4) is 0 Å². The second-order valence-electron chi connectivity index (χ2n) is 5.76. The molecule has 0 atom stereocenters. The second-order valence-corrected chi connectivity index (χ2v) is 5.76. The van der Waals surface area contributed by atoms with E-state index in [0.717, 1.165) is 12.1 Å². The van der Waals surface area contributed by atoms with Gasteiger partial charge in [0, 0.05) is 29.9 Å². The quantitative estimate of drug-likeness (QED) is 0.737. The van der Waals surface area contributed by atoms with Gasteiger partial charge in [-0.05, 0) is 30.7 Å². The van der Waals surface area contributed by atoms with E-state index in [9.17, 15) is 13.6 Å². The minimum atomic E-state index is -0.970. The third-order valence-corrected chi connectivity index (χ3v) is 4.11. The van der Waals surface area contributed by atoms with Crippen LogP contribution in [-0.4, -0.2) is 27.9 Å². The van der Waals surface area contributed by atoms with Crippen LogP contribution in [-0.2, 0) is 6.42 Å².